The Morgan fingerprint density at radius 2 is 1.97 bits per heavy atom. The van der Waals surface area contributed by atoms with E-state index >= 15 is 0 Å². The van der Waals surface area contributed by atoms with E-state index in [2.05, 4.69) is 15.6 Å². The molecule has 0 bridgehead atoms. The highest BCUT2D eigenvalue weighted by molar-refractivity contribution is 7.12. The van der Waals surface area contributed by atoms with E-state index in [0.29, 0.717) is 5.01 Å². The lowest BCUT2D eigenvalue weighted by molar-refractivity contribution is -0.123. The molecule has 1 atom stereocenters. The number of hydrogen-bond donors (Lipinski definition) is 3. The lowest BCUT2D eigenvalue weighted by atomic mass is 10.2. The first kappa shape index (κ1) is 23.6. The van der Waals surface area contributed by atoms with Crippen molar-refractivity contribution in [3.8, 4) is 17.0 Å². The molecule has 0 saturated heterocycles. The third-order valence-corrected chi connectivity index (χ3v) is 5.47. The van der Waals surface area contributed by atoms with Crippen LogP contribution in [-0.2, 0) is 4.79 Å². The minimum absolute atomic E-state index is 0.0115. The molecule has 2 aromatic carbocycles. The summed E-state index contributed by atoms with van der Waals surface area (Å²) in [5.41, 5.74) is 1.66. The maximum absolute atomic E-state index is 13.3. The van der Waals surface area contributed by atoms with Crippen molar-refractivity contribution in [2.45, 2.75) is 12.5 Å². The number of benzene rings is 2. The summed E-state index contributed by atoms with van der Waals surface area (Å²) in [6, 6.07) is 13.4. The Kier molecular flexibility index (Phi) is 8.55. The maximum atomic E-state index is 13.3. The van der Waals surface area contributed by atoms with Gasteiger partial charge >= 0.3 is 0 Å². The van der Waals surface area contributed by atoms with Gasteiger partial charge in [-0.2, -0.15) is 0 Å². The van der Waals surface area contributed by atoms with Gasteiger partial charge in [-0.3, -0.25) is 9.59 Å². The highest BCUT2D eigenvalue weighted by atomic mass is 35.5. The molecule has 0 aliphatic rings. The quantitative estimate of drug-likeness (QED) is 0.416. The van der Waals surface area contributed by atoms with E-state index in [0.717, 1.165) is 17.3 Å². The smallest absolute Gasteiger partial charge is 0.280 e. The lowest BCUT2D eigenvalue weighted by Gasteiger charge is -2.12. The molecule has 1 heterocycles. The number of nitrogens with zero attached hydrogens (tertiary/aromatic N) is 1. The van der Waals surface area contributed by atoms with Crippen molar-refractivity contribution in [1.82, 2.24) is 15.6 Å². The second-order valence-electron chi connectivity index (χ2n) is 6.77. The Bertz CT molecular complexity index is 1060. The number of ether oxygens (including phenoxy) is 1. The van der Waals surface area contributed by atoms with E-state index in [1.54, 1.807) is 0 Å². The number of nitrogens with one attached hydrogen (secondary N) is 2. The summed E-state index contributed by atoms with van der Waals surface area (Å²) in [7, 11) is 0. The van der Waals surface area contributed by atoms with Gasteiger partial charge in [0.15, 0.2) is 11.6 Å². The Morgan fingerprint density at radius 3 is 2.72 bits per heavy atom. The van der Waals surface area contributed by atoms with Crippen molar-refractivity contribution in [2.75, 3.05) is 19.7 Å². The van der Waals surface area contributed by atoms with E-state index < -0.39 is 17.8 Å². The second kappa shape index (κ2) is 11.6. The summed E-state index contributed by atoms with van der Waals surface area (Å²) in [6.07, 6.45) is -0.616. The Balaban J connectivity index is 1.33. The van der Waals surface area contributed by atoms with Gasteiger partial charge < -0.3 is 20.5 Å². The summed E-state index contributed by atoms with van der Waals surface area (Å²) < 4.78 is 18.5. The first-order chi connectivity index (χ1) is 15.4. The number of carbonyl (C=O) groups is 2. The predicted octanol–water partition coefficient (Wildman–Crippen LogP) is 3.28. The van der Waals surface area contributed by atoms with Gasteiger partial charge in [0, 0.05) is 30.1 Å². The summed E-state index contributed by atoms with van der Waals surface area (Å²) >= 11 is 6.83. The lowest BCUT2D eigenvalue weighted by Crippen LogP contribution is -2.37. The SMILES string of the molecule is O=C(COc1ccc(Cl)c(F)c1)NC[C@@H](O)CCNC(=O)c1nc(-c2ccccc2)cs1. The number of rotatable bonds is 10. The van der Waals surface area contributed by atoms with Gasteiger partial charge in [-0.05, 0) is 18.6 Å². The van der Waals surface area contributed by atoms with Crippen molar-refractivity contribution >= 4 is 34.8 Å². The van der Waals surface area contributed by atoms with Crippen molar-refractivity contribution < 1.29 is 23.8 Å². The number of halogens is 2. The largest absolute Gasteiger partial charge is 0.484 e. The highest BCUT2D eigenvalue weighted by Crippen LogP contribution is 2.21. The molecule has 2 amide bonds. The van der Waals surface area contributed by atoms with Crippen LogP contribution in [0.4, 0.5) is 4.39 Å². The van der Waals surface area contributed by atoms with Crippen LogP contribution in [0.25, 0.3) is 11.3 Å². The Hall–Kier alpha value is -3.01. The molecule has 0 radical (unpaired) electrons. The van der Waals surface area contributed by atoms with E-state index in [1.165, 1.54) is 23.5 Å². The average Bonchev–Trinajstić information content (AvgIpc) is 3.29. The van der Waals surface area contributed by atoms with Crippen LogP contribution in [0.5, 0.6) is 5.75 Å². The molecule has 0 spiro atoms. The van der Waals surface area contributed by atoms with Gasteiger partial charge in [-0.15, -0.1) is 11.3 Å². The summed E-state index contributed by atoms with van der Waals surface area (Å²) in [5, 5.41) is 17.3. The van der Waals surface area contributed by atoms with Gasteiger partial charge in [0.2, 0.25) is 0 Å². The number of amides is 2. The zero-order valence-electron chi connectivity index (χ0n) is 16.9. The van der Waals surface area contributed by atoms with Crippen LogP contribution < -0.4 is 15.4 Å². The first-order valence-corrected chi connectivity index (χ1v) is 11.0. The number of aliphatic hydroxyl groups is 1. The molecule has 32 heavy (non-hydrogen) atoms. The van der Waals surface area contributed by atoms with Crippen LogP contribution in [0.1, 0.15) is 16.2 Å². The van der Waals surface area contributed by atoms with Crippen LogP contribution in [0.3, 0.4) is 0 Å². The number of thiazole rings is 1. The Labute approximate surface area is 193 Å². The molecular weight excluding hydrogens is 457 g/mol. The molecule has 0 unspecified atom stereocenters. The monoisotopic (exact) mass is 477 g/mol. The molecule has 0 saturated carbocycles. The average molecular weight is 478 g/mol. The van der Waals surface area contributed by atoms with Gasteiger partial charge in [0.05, 0.1) is 16.8 Å². The van der Waals surface area contributed by atoms with Gasteiger partial charge in [-0.1, -0.05) is 41.9 Å². The molecule has 0 fully saturated rings. The van der Waals surface area contributed by atoms with Crippen LogP contribution in [0, 0.1) is 5.82 Å². The van der Waals surface area contributed by atoms with Crippen LogP contribution >= 0.6 is 22.9 Å². The van der Waals surface area contributed by atoms with Crippen LogP contribution in [0.2, 0.25) is 5.02 Å². The number of carbonyl (C=O) groups excluding carboxylic acids is 2. The minimum atomic E-state index is -0.858. The fraction of sp³-hybridized carbons (Fsp3) is 0.227. The molecule has 3 rings (SSSR count). The van der Waals surface area contributed by atoms with Crippen LogP contribution in [0.15, 0.2) is 53.9 Å². The van der Waals surface area contributed by atoms with Crippen molar-refractivity contribution in [3.05, 3.63) is 69.8 Å². The molecule has 0 aliphatic heterocycles. The molecule has 3 N–H and O–H groups in total. The maximum Gasteiger partial charge on any atom is 0.280 e. The summed E-state index contributed by atoms with van der Waals surface area (Å²) in [4.78, 5) is 28.4. The van der Waals surface area contributed by atoms with Crippen molar-refractivity contribution in [2.24, 2.45) is 0 Å². The molecule has 3 aromatic rings. The van der Waals surface area contributed by atoms with E-state index in [-0.39, 0.29) is 42.8 Å². The van der Waals surface area contributed by atoms with E-state index in [1.807, 2.05) is 35.7 Å². The van der Waals surface area contributed by atoms with E-state index in [4.69, 9.17) is 16.3 Å². The third-order valence-electron chi connectivity index (χ3n) is 4.33. The Morgan fingerprint density at radius 1 is 1.19 bits per heavy atom. The fourth-order valence-electron chi connectivity index (χ4n) is 2.65. The molecule has 7 nitrogen and oxygen atoms in total. The zero-order valence-corrected chi connectivity index (χ0v) is 18.5. The minimum Gasteiger partial charge on any atom is -0.484 e. The summed E-state index contributed by atoms with van der Waals surface area (Å²) in [5.74, 6) is -1.27. The highest BCUT2D eigenvalue weighted by Gasteiger charge is 2.13. The number of hydrogen-bond acceptors (Lipinski definition) is 6. The zero-order chi connectivity index (χ0) is 22.9. The van der Waals surface area contributed by atoms with Crippen LogP contribution in [-0.4, -0.2) is 47.7 Å². The molecule has 1 aromatic heterocycles. The molecular formula is C22H21ClFN3O4S. The number of aliphatic hydroxyl groups excluding tert-OH is 1. The molecule has 0 aliphatic carbocycles. The van der Waals surface area contributed by atoms with Gasteiger partial charge in [0.25, 0.3) is 11.8 Å². The fourth-order valence-corrected chi connectivity index (χ4v) is 3.51. The topological polar surface area (TPSA) is 101 Å². The molecule has 10 heteroatoms. The van der Waals surface area contributed by atoms with Gasteiger partial charge in [0.1, 0.15) is 11.6 Å². The number of aromatic nitrogens is 1. The molecule has 168 valence electrons. The normalized spacial score (nSPS) is 11.6. The third kappa shape index (κ3) is 7.01. The first-order valence-electron chi connectivity index (χ1n) is 9.74. The predicted molar refractivity (Wildman–Crippen MR) is 120 cm³/mol. The standard InChI is InChI=1S/C22H21ClFN3O4S/c23-17-7-6-16(10-18(17)24)31-12-20(29)26-11-15(28)8-9-25-21(30)22-27-19(13-32-22)14-4-2-1-3-5-14/h1-7,10,13,15,28H,8-9,11-12H2,(H,25,30)(H,26,29)/t15-/m0/s1. The van der Waals surface area contributed by atoms with Gasteiger partial charge in [-0.25, -0.2) is 9.37 Å². The summed E-state index contributed by atoms with van der Waals surface area (Å²) in [6.45, 7) is -0.128. The van der Waals surface area contributed by atoms with E-state index in [9.17, 15) is 19.1 Å². The van der Waals surface area contributed by atoms with Crippen molar-refractivity contribution in [3.63, 3.8) is 0 Å². The second-order valence-corrected chi connectivity index (χ2v) is 8.04. The van der Waals surface area contributed by atoms with Crippen molar-refractivity contribution in [1.29, 1.82) is 0 Å².